The molecular formula is C63H87F3O3. The lowest BCUT2D eigenvalue weighted by Crippen LogP contribution is -2.54. The molecule has 69 heavy (non-hydrogen) atoms. The number of terminal acetylenes is 1. The highest BCUT2D eigenvalue weighted by Crippen LogP contribution is 2.69. The number of fused-ring (bicyclic) bond motifs is 15. The van der Waals surface area contributed by atoms with Gasteiger partial charge < -0.3 is 15.3 Å². The SMILES string of the molecule is C#C[C@]1(O)CCC2C3CC=C4C[C@@H](F)CC[C@@H]4C3CC[C@@]21C.CC#C[C@]1(O)CCC2C3CC=C4C[C@@H](F)CC[C@@H]4C3CC[C@@]21C.CC#C[C@]1(O)CCC2C3CC=C4C[C@@H](F)CC[C@]4(C)C3CC[C@@]21C. The summed E-state index contributed by atoms with van der Waals surface area (Å²) in [4.78, 5) is 0. The summed E-state index contributed by atoms with van der Waals surface area (Å²) in [6.07, 6.45) is 33.8. The fraction of sp³-hybridized carbons (Fsp3) is 0.810. The maximum absolute atomic E-state index is 13.9. The number of halogens is 3. The Morgan fingerprint density at radius 3 is 1.38 bits per heavy atom. The first-order chi connectivity index (χ1) is 32.8. The van der Waals surface area contributed by atoms with Crippen molar-refractivity contribution < 1.29 is 28.5 Å². The predicted octanol–water partition coefficient (Wildman–Crippen LogP) is 14.0. The Morgan fingerprint density at radius 2 is 0.884 bits per heavy atom. The second kappa shape index (κ2) is 18.2. The second-order valence-electron chi connectivity index (χ2n) is 26.4. The molecule has 0 radical (unpaired) electrons. The molecule has 9 saturated carbocycles. The van der Waals surface area contributed by atoms with Gasteiger partial charge in [0.2, 0.25) is 0 Å². The molecule has 12 aliphatic rings. The third-order valence-electron chi connectivity index (χ3n) is 24.2. The molecule has 0 aliphatic heterocycles. The maximum Gasteiger partial charge on any atom is 0.131 e. The van der Waals surface area contributed by atoms with E-state index >= 15 is 0 Å². The minimum atomic E-state index is -0.913. The molecule has 9 fully saturated rings. The largest absolute Gasteiger partial charge is 0.377 e. The van der Waals surface area contributed by atoms with Crippen LogP contribution in [0.25, 0.3) is 0 Å². The van der Waals surface area contributed by atoms with Crippen LogP contribution in [-0.4, -0.2) is 50.6 Å². The molecule has 12 aliphatic carbocycles. The number of allylic oxidation sites excluding steroid dienone is 6. The van der Waals surface area contributed by atoms with E-state index in [1.165, 1.54) is 23.1 Å². The van der Waals surface area contributed by atoms with Crippen LogP contribution in [0, 0.1) is 123 Å². The summed E-state index contributed by atoms with van der Waals surface area (Å²) in [6, 6.07) is 0. The van der Waals surface area contributed by atoms with Crippen LogP contribution in [0.1, 0.15) is 196 Å². The lowest BCUT2D eigenvalue weighted by Gasteiger charge is -2.58. The van der Waals surface area contributed by atoms with E-state index in [9.17, 15) is 28.5 Å². The molecule has 0 aromatic carbocycles. The fourth-order valence-electron chi connectivity index (χ4n) is 20.2. The highest BCUT2D eigenvalue weighted by Gasteiger charge is 2.65. The normalized spacial score (nSPS) is 52.8. The summed E-state index contributed by atoms with van der Waals surface area (Å²) >= 11 is 0. The Hall–Kier alpha value is -2.43. The third-order valence-corrected chi connectivity index (χ3v) is 24.2. The molecule has 0 saturated heterocycles. The lowest BCUT2D eigenvalue weighted by atomic mass is 9.47. The van der Waals surface area contributed by atoms with Crippen LogP contribution in [0.15, 0.2) is 34.9 Å². The maximum atomic E-state index is 13.9. The third kappa shape index (κ3) is 7.78. The highest BCUT2D eigenvalue weighted by atomic mass is 19.1. The van der Waals surface area contributed by atoms with Gasteiger partial charge in [-0.05, 0) is 232 Å². The number of rotatable bonds is 0. The van der Waals surface area contributed by atoms with E-state index in [2.05, 4.69) is 75.5 Å². The van der Waals surface area contributed by atoms with Crippen molar-refractivity contribution in [1.82, 2.24) is 0 Å². The standard InChI is InChI=1S/C22H31FO.C21H29FO.C20H27FO/c1-4-10-22(24)13-9-19-17-6-5-15-14-16(23)7-11-20(15,2)18(17)8-12-21(19,22)3;1-3-10-21(23)12-9-19-18-6-4-14-13-15(22)5-7-16(14)17(18)8-11-20(19,21)2;1-3-20(22)11-9-18-17-6-4-13-12-14(21)5-7-15(13)16(17)8-10-19(18,20)2/h5,16-19,24H,6-9,11-14H2,1-3H3;4,15-19,23H,5-9,11-13H2,1-2H3;1,4,14-18,22H,5-12H2,2H3/t16-,17?,18?,19?,20-,21-,22-;15-,16-,17?,18?,19?,20-,21-;14-,15-,16?,17?,18?,19-,20-/m000/s1. The van der Waals surface area contributed by atoms with Crippen molar-refractivity contribution in [3.63, 3.8) is 0 Å². The van der Waals surface area contributed by atoms with E-state index in [-0.39, 0.29) is 21.7 Å². The zero-order valence-corrected chi connectivity index (χ0v) is 43.3. The number of aliphatic hydroxyl groups is 3. The minimum absolute atomic E-state index is 0.0557. The van der Waals surface area contributed by atoms with Gasteiger partial charge in [0.05, 0.1) is 0 Å². The lowest BCUT2D eigenvalue weighted by molar-refractivity contribution is -0.0957. The number of hydrogen-bond acceptors (Lipinski definition) is 3. The molecule has 0 amide bonds. The van der Waals surface area contributed by atoms with Crippen LogP contribution >= 0.6 is 0 Å². The smallest absolute Gasteiger partial charge is 0.131 e. The van der Waals surface area contributed by atoms with Gasteiger partial charge in [-0.25, -0.2) is 13.2 Å². The van der Waals surface area contributed by atoms with Crippen molar-refractivity contribution in [2.75, 3.05) is 0 Å². The van der Waals surface area contributed by atoms with Crippen molar-refractivity contribution in [1.29, 1.82) is 0 Å². The minimum Gasteiger partial charge on any atom is -0.377 e. The summed E-state index contributed by atoms with van der Waals surface area (Å²) in [5.41, 5.74) is 1.64. The van der Waals surface area contributed by atoms with Crippen molar-refractivity contribution in [2.24, 2.45) is 86.8 Å². The van der Waals surface area contributed by atoms with Crippen molar-refractivity contribution in [3.05, 3.63) is 34.9 Å². The Labute approximate surface area is 415 Å². The van der Waals surface area contributed by atoms with E-state index < -0.39 is 35.3 Å². The van der Waals surface area contributed by atoms with Gasteiger partial charge in [-0.3, -0.25) is 0 Å². The first-order valence-corrected chi connectivity index (χ1v) is 28.3. The van der Waals surface area contributed by atoms with Crippen LogP contribution in [0.5, 0.6) is 0 Å². The van der Waals surface area contributed by atoms with Crippen LogP contribution in [0.4, 0.5) is 13.2 Å². The Bertz CT molecular complexity index is 2250. The molecular weight excluding hydrogens is 862 g/mol. The van der Waals surface area contributed by atoms with Crippen LogP contribution < -0.4 is 0 Å². The van der Waals surface area contributed by atoms with Gasteiger partial charge in [-0.15, -0.1) is 18.3 Å². The van der Waals surface area contributed by atoms with Gasteiger partial charge in [0, 0.05) is 22.7 Å². The number of hydrogen-bond donors (Lipinski definition) is 3. The van der Waals surface area contributed by atoms with Crippen molar-refractivity contribution in [2.45, 2.75) is 231 Å². The Balaban J connectivity index is 0.000000120. The van der Waals surface area contributed by atoms with Crippen LogP contribution in [0.3, 0.4) is 0 Å². The molecule has 378 valence electrons. The van der Waals surface area contributed by atoms with E-state index in [1.54, 1.807) is 0 Å². The predicted molar refractivity (Wildman–Crippen MR) is 271 cm³/mol. The summed E-state index contributed by atoms with van der Waals surface area (Å²) < 4.78 is 41.4. The molecule has 6 heteroatoms. The van der Waals surface area contributed by atoms with E-state index in [0.717, 1.165) is 134 Å². The monoisotopic (exact) mass is 949 g/mol. The van der Waals surface area contributed by atoms with Gasteiger partial charge in [0.1, 0.15) is 35.3 Å². The quantitative estimate of drug-likeness (QED) is 0.167. The zero-order valence-electron chi connectivity index (χ0n) is 43.3. The second-order valence-corrected chi connectivity index (χ2v) is 26.4. The first-order valence-electron chi connectivity index (χ1n) is 28.3. The average Bonchev–Trinajstić information content (AvgIpc) is 3.88. The number of alkyl halides is 3. The van der Waals surface area contributed by atoms with Gasteiger partial charge in [0.25, 0.3) is 0 Å². The fourth-order valence-corrected chi connectivity index (χ4v) is 20.2. The molecule has 9 unspecified atom stereocenters. The van der Waals surface area contributed by atoms with E-state index in [1.807, 2.05) is 13.8 Å². The molecule has 3 N–H and O–H groups in total. The molecule has 0 bridgehead atoms. The zero-order chi connectivity index (χ0) is 48.9. The highest BCUT2D eigenvalue weighted by molar-refractivity contribution is 5.31. The Kier molecular flexibility index (Phi) is 13.2. The van der Waals surface area contributed by atoms with E-state index in [0.29, 0.717) is 78.4 Å². The first kappa shape index (κ1) is 50.1. The van der Waals surface area contributed by atoms with Crippen molar-refractivity contribution >= 4 is 0 Å². The molecule has 0 aromatic rings. The average molecular weight is 949 g/mol. The van der Waals surface area contributed by atoms with Gasteiger partial charge in [-0.2, -0.15) is 0 Å². The summed E-state index contributed by atoms with van der Waals surface area (Å²) in [7, 11) is 0. The summed E-state index contributed by atoms with van der Waals surface area (Å²) in [5, 5.41) is 33.3. The Morgan fingerprint density at radius 1 is 0.464 bits per heavy atom. The van der Waals surface area contributed by atoms with Gasteiger partial charge in [0.15, 0.2) is 0 Å². The van der Waals surface area contributed by atoms with E-state index in [4.69, 9.17) is 6.42 Å². The molecule has 12 rings (SSSR count). The molecule has 21 atom stereocenters. The molecule has 0 heterocycles. The topological polar surface area (TPSA) is 60.7 Å². The summed E-state index contributed by atoms with van der Waals surface area (Å²) in [6.45, 7) is 12.9. The van der Waals surface area contributed by atoms with Gasteiger partial charge in [-0.1, -0.05) is 80.4 Å². The van der Waals surface area contributed by atoms with Crippen LogP contribution in [-0.2, 0) is 0 Å². The van der Waals surface area contributed by atoms with Crippen LogP contribution in [0.2, 0.25) is 0 Å². The van der Waals surface area contributed by atoms with Gasteiger partial charge >= 0.3 is 0 Å². The molecule has 0 spiro atoms. The summed E-state index contributed by atoms with van der Waals surface area (Å²) in [5.74, 6) is 22.0. The molecule has 3 nitrogen and oxygen atoms in total. The van der Waals surface area contributed by atoms with Crippen molar-refractivity contribution in [3.8, 4) is 36.0 Å². The molecule has 0 aromatic heterocycles.